The summed E-state index contributed by atoms with van der Waals surface area (Å²) in [4.78, 5) is 0. The molecule has 0 spiro atoms. The molecule has 0 atom stereocenters. The van der Waals surface area contributed by atoms with Gasteiger partial charge in [-0.1, -0.05) is 50.9 Å². The van der Waals surface area contributed by atoms with E-state index in [9.17, 15) is 0 Å². The van der Waals surface area contributed by atoms with Crippen LogP contribution in [0.15, 0.2) is 6.20 Å². The second kappa shape index (κ2) is 3.87. The van der Waals surface area contributed by atoms with Crippen molar-refractivity contribution in [3.8, 4) is 0 Å². The molecule has 6 heteroatoms. The molecular formula is C9H19ClN2SSi2. The summed E-state index contributed by atoms with van der Waals surface area (Å²) < 4.78 is 5.27. The Kier molecular flexibility index (Phi) is 3.41. The van der Waals surface area contributed by atoms with Crippen molar-refractivity contribution in [1.82, 2.24) is 8.47 Å². The number of aromatic nitrogens is 2. The van der Waals surface area contributed by atoms with Gasteiger partial charge < -0.3 is 8.47 Å². The summed E-state index contributed by atoms with van der Waals surface area (Å²) in [5.41, 5.74) is 0. The third-order valence-corrected chi connectivity index (χ3v) is 6.93. The van der Waals surface area contributed by atoms with Gasteiger partial charge >= 0.3 is 0 Å². The normalized spacial score (nSPS) is 13.3. The molecule has 0 saturated heterocycles. The first-order valence-corrected chi connectivity index (χ1v) is 12.7. The zero-order valence-corrected chi connectivity index (χ0v) is 13.8. The van der Waals surface area contributed by atoms with Gasteiger partial charge in [-0.2, -0.15) is 0 Å². The molecule has 86 valence electrons. The predicted molar refractivity (Wildman–Crippen MR) is 75.8 cm³/mol. The van der Waals surface area contributed by atoms with E-state index in [1.807, 2.05) is 6.20 Å². The molecule has 1 aromatic heterocycles. The molecule has 1 rings (SSSR count). The van der Waals surface area contributed by atoms with E-state index in [2.05, 4.69) is 47.7 Å². The molecule has 0 radical (unpaired) electrons. The lowest BCUT2D eigenvalue weighted by Gasteiger charge is -2.21. The van der Waals surface area contributed by atoms with Crippen molar-refractivity contribution in [1.29, 1.82) is 0 Å². The van der Waals surface area contributed by atoms with Gasteiger partial charge in [0.05, 0.1) is 0 Å². The zero-order chi connectivity index (χ0) is 12.0. The van der Waals surface area contributed by atoms with E-state index in [1.165, 1.54) is 0 Å². The number of imidazole rings is 1. The predicted octanol–water partition coefficient (Wildman–Crippen LogP) is 4.04. The first kappa shape index (κ1) is 13.2. The molecule has 0 saturated carbocycles. The Balaban J connectivity index is 3.48. The van der Waals surface area contributed by atoms with E-state index in [0.29, 0.717) is 0 Å². The largest absolute Gasteiger partial charge is 0.351 e. The number of halogens is 1. The number of rotatable bonds is 2. The molecule has 2 nitrogen and oxygen atoms in total. The Hall–Kier alpha value is 0.154. The van der Waals surface area contributed by atoms with Gasteiger partial charge in [-0.05, 0) is 12.2 Å². The minimum absolute atomic E-state index is 0.793. The number of nitrogens with zero attached hydrogens (tertiary/aromatic N) is 2. The highest BCUT2D eigenvalue weighted by atomic mass is 35.5. The molecule has 0 aliphatic heterocycles. The van der Waals surface area contributed by atoms with Crippen molar-refractivity contribution < 1.29 is 0 Å². The van der Waals surface area contributed by atoms with Crippen molar-refractivity contribution in [3.63, 3.8) is 0 Å². The molecule has 0 unspecified atom stereocenters. The number of hydrogen-bond acceptors (Lipinski definition) is 1. The van der Waals surface area contributed by atoms with Crippen LogP contribution in [0.4, 0.5) is 0 Å². The van der Waals surface area contributed by atoms with Gasteiger partial charge in [0.25, 0.3) is 0 Å². The van der Waals surface area contributed by atoms with Crippen LogP contribution < -0.4 is 0 Å². The first-order valence-electron chi connectivity index (χ1n) is 5.06. The first-order chi connectivity index (χ1) is 6.55. The van der Waals surface area contributed by atoms with Crippen LogP contribution in [-0.2, 0) is 0 Å². The number of hydrogen-bond donors (Lipinski definition) is 0. The maximum absolute atomic E-state index is 6.27. The van der Waals surface area contributed by atoms with E-state index in [1.54, 1.807) is 0 Å². The van der Waals surface area contributed by atoms with Crippen molar-refractivity contribution in [2.75, 3.05) is 0 Å². The van der Waals surface area contributed by atoms with Crippen LogP contribution >= 0.6 is 23.8 Å². The monoisotopic (exact) mass is 278 g/mol. The second-order valence-corrected chi connectivity index (χ2v) is 16.1. The zero-order valence-electron chi connectivity index (χ0n) is 10.3. The van der Waals surface area contributed by atoms with Crippen molar-refractivity contribution >= 4 is 40.3 Å². The molecule has 1 heterocycles. The summed E-state index contributed by atoms with van der Waals surface area (Å²) in [6.45, 7) is 13.6. The Bertz CT molecular complexity index is 423. The van der Waals surface area contributed by atoms with Crippen LogP contribution in [0.25, 0.3) is 0 Å². The summed E-state index contributed by atoms with van der Waals surface area (Å²) in [5, 5.41) is 0.793. The molecule has 0 amide bonds. The Morgan fingerprint density at radius 1 is 1.07 bits per heavy atom. The summed E-state index contributed by atoms with van der Waals surface area (Å²) in [5.74, 6) is 0. The molecule has 15 heavy (non-hydrogen) atoms. The minimum atomic E-state index is -1.50. The van der Waals surface area contributed by atoms with Crippen molar-refractivity contribution in [2.45, 2.75) is 39.3 Å². The van der Waals surface area contributed by atoms with E-state index in [-0.39, 0.29) is 0 Å². The molecule has 0 aliphatic rings. The second-order valence-electron chi connectivity index (χ2n) is 5.78. The molecule has 0 N–H and O–H groups in total. The maximum atomic E-state index is 6.27. The van der Waals surface area contributed by atoms with Gasteiger partial charge in [0, 0.05) is 6.20 Å². The van der Waals surface area contributed by atoms with Crippen molar-refractivity contribution in [3.05, 3.63) is 16.1 Å². The van der Waals surface area contributed by atoms with Gasteiger partial charge in [0.2, 0.25) is 0 Å². The van der Waals surface area contributed by atoms with Crippen LogP contribution in [0, 0.1) is 4.77 Å². The Labute approximate surface area is 104 Å². The fraction of sp³-hybridized carbons (Fsp3) is 0.667. The lowest BCUT2D eigenvalue weighted by molar-refractivity contribution is 1.03. The summed E-state index contributed by atoms with van der Waals surface area (Å²) in [7, 11) is -2.94. The van der Waals surface area contributed by atoms with E-state index >= 15 is 0 Å². The van der Waals surface area contributed by atoms with Crippen LogP contribution in [-0.4, -0.2) is 24.9 Å². The molecule has 0 aliphatic carbocycles. The van der Waals surface area contributed by atoms with Gasteiger partial charge in [-0.25, -0.2) is 0 Å². The van der Waals surface area contributed by atoms with Crippen LogP contribution in [0.3, 0.4) is 0 Å². The molecule has 1 aromatic rings. The van der Waals surface area contributed by atoms with Crippen LogP contribution in [0.2, 0.25) is 44.4 Å². The maximum Gasteiger partial charge on any atom is 0.164 e. The summed E-state index contributed by atoms with van der Waals surface area (Å²) in [6.07, 6.45) is 2.01. The fourth-order valence-corrected chi connectivity index (χ4v) is 7.03. The summed E-state index contributed by atoms with van der Waals surface area (Å²) in [6, 6.07) is 0. The molecule has 0 fully saturated rings. The fourth-order valence-electron chi connectivity index (χ4n) is 1.51. The van der Waals surface area contributed by atoms with Crippen molar-refractivity contribution in [2.24, 2.45) is 0 Å². The Morgan fingerprint density at radius 2 is 1.53 bits per heavy atom. The average molecular weight is 279 g/mol. The summed E-state index contributed by atoms with van der Waals surface area (Å²) >= 11 is 11.8. The minimum Gasteiger partial charge on any atom is -0.351 e. The van der Waals surface area contributed by atoms with Crippen LogP contribution in [0.5, 0.6) is 0 Å². The third-order valence-electron chi connectivity index (χ3n) is 2.24. The molecule has 0 bridgehead atoms. The van der Waals surface area contributed by atoms with Gasteiger partial charge in [0.1, 0.15) is 5.15 Å². The van der Waals surface area contributed by atoms with E-state index in [4.69, 9.17) is 23.8 Å². The molecular weight excluding hydrogens is 260 g/mol. The average Bonchev–Trinajstić information content (AvgIpc) is 2.22. The topological polar surface area (TPSA) is 9.86 Å². The van der Waals surface area contributed by atoms with Crippen LogP contribution in [0.1, 0.15) is 0 Å². The quantitative estimate of drug-likeness (QED) is 0.586. The smallest absolute Gasteiger partial charge is 0.164 e. The van der Waals surface area contributed by atoms with Gasteiger partial charge in [-0.15, -0.1) is 0 Å². The highest BCUT2D eigenvalue weighted by molar-refractivity contribution is 7.71. The lowest BCUT2D eigenvalue weighted by Crippen LogP contribution is -2.35. The lowest BCUT2D eigenvalue weighted by atomic mass is 11.0. The highest BCUT2D eigenvalue weighted by Gasteiger charge is 2.26. The van der Waals surface area contributed by atoms with Gasteiger partial charge in [-0.3, -0.25) is 0 Å². The standard InChI is InChI=1S/C9H19ClN2SSi2/c1-14(2,3)11-7-8(10)12(9(11)13)15(4,5)6/h7H,1-6H3. The Morgan fingerprint density at radius 3 is 1.73 bits per heavy atom. The SMILES string of the molecule is C[Si](C)(C)n1cc(Cl)n([Si](C)(C)C)c1=S. The molecule has 0 aromatic carbocycles. The van der Waals surface area contributed by atoms with Gasteiger partial charge in [0.15, 0.2) is 21.2 Å². The third kappa shape index (κ3) is 2.64. The van der Waals surface area contributed by atoms with E-state index < -0.39 is 16.5 Å². The van der Waals surface area contributed by atoms with E-state index in [0.717, 1.165) is 9.92 Å². The highest BCUT2D eigenvalue weighted by Crippen LogP contribution is 2.21.